The molecule has 0 amide bonds. The summed E-state index contributed by atoms with van der Waals surface area (Å²) in [6, 6.07) is 8.35. The average molecular weight is 347 g/mol. The molecule has 1 aromatic heterocycles. The van der Waals surface area contributed by atoms with Gasteiger partial charge in [-0.05, 0) is 37.3 Å². The van der Waals surface area contributed by atoms with Crippen LogP contribution in [0.5, 0.6) is 0 Å². The van der Waals surface area contributed by atoms with Crippen LogP contribution in [-0.2, 0) is 10.0 Å². The Labute approximate surface area is 118 Å². The summed E-state index contributed by atoms with van der Waals surface area (Å²) >= 11 is 4.49. The Morgan fingerprint density at radius 3 is 2.56 bits per heavy atom. The molecule has 0 bridgehead atoms. The molecule has 0 unspecified atom stereocenters. The van der Waals surface area contributed by atoms with Crippen LogP contribution in [0.15, 0.2) is 39.0 Å². The zero-order valence-corrected chi connectivity index (χ0v) is 12.7. The lowest BCUT2D eigenvalue weighted by atomic mass is 10.3. The summed E-state index contributed by atoms with van der Waals surface area (Å²) in [4.78, 5) is 0.944. The summed E-state index contributed by atoms with van der Waals surface area (Å²) in [5.74, 6) is 0. The number of benzene rings is 1. The second-order valence-electron chi connectivity index (χ2n) is 3.70. The first-order valence-corrected chi connectivity index (χ1v) is 8.12. The van der Waals surface area contributed by atoms with E-state index in [1.807, 2.05) is 6.92 Å². The molecule has 0 aliphatic heterocycles. The van der Waals surface area contributed by atoms with Gasteiger partial charge in [-0.1, -0.05) is 15.9 Å². The Balaban J connectivity index is 2.33. The minimum absolute atomic E-state index is 0.280. The maximum atomic E-state index is 12.1. The van der Waals surface area contributed by atoms with Crippen molar-refractivity contribution in [2.45, 2.75) is 11.1 Å². The van der Waals surface area contributed by atoms with Crippen molar-refractivity contribution in [1.29, 1.82) is 0 Å². The lowest BCUT2D eigenvalue weighted by Gasteiger charge is -2.09. The number of hydrogen-bond acceptors (Lipinski definition) is 4. The van der Waals surface area contributed by atoms with Gasteiger partial charge in [0.05, 0.1) is 11.4 Å². The predicted octanol–water partition coefficient (Wildman–Crippen LogP) is 3.20. The standard InChI is InChI=1S/C11H11BrN2O2S2/c1-7-2-5-11(17-7)18(15,16)14-10-4-3-8(12)6-9(10)13/h2-6,14H,13H2,1H3. The highest BCUT2D eigenvalue weighted by Gasteiger charge is 2.17. The molecule has 0 saturated carbocycles. The summed E-state index contributed by atoms with van der Waals surface area (Å²) in [5.41, 5.74) is 6.51. The van der Waals surface area contributed by atoms with Gasteiger partial charge in [0.25, 0.3) is 10.0 Å². The molecule has 0 spiro atoms. The quantitative estimate of drug-likeness (QED) is 0.838. The van der Waals surface area contributed by atoms with E-state index in [-0.39, 0.29) is 4.21 Å². The molecule has 2 aromatic rings. The van der Waals surface area contributed by atoms with Gasteiger partial charge in [0, 0.05) is 9.35 Å². The van der Waals surface area contributed by atoms with Crippen LogP contribution in [-0.4, -0.2) is 8.42 Å². The summed E-state index contributed by atoms with van der Waals surface area (Å²) in [7, 11) is -3.55. The van der Waals surface area contributed by atoms with Crippen LogP contribution in [0.25, 0.3) is 0 Å². The van der Waals surface area contributed by atoms with E-state index in [0.29, 0.717) is 11.4 Å². The normalized spacial score (nSPS) is 11.4. The van der Waals surface area contributed by atoms with Crippen LogP contribution in [0, 0.1) is 6.92 Å². The molecule has 96 valence electrons. The van der Waals surface area contributed by atoms with Gasteiger partial charge >= 0.3 is 0 Å². The average Bonchev–Trinajstić information content (AvgIpc) is 2.70. The van der Waals surface area contributed by atoms with Crippen LogP contribution < -0.4 is 10.5 Å². The molecule has 0 fully saturated rings. The molecular weight excluding hydrogens is 336 g/mol. The number of nitrogens with one attached hydrogen (secondary N) is 1. The fourth-order valence-electron chi connectivity index (χ4n) is 1.38. The minimum Gasteiger partial charge on any atom is -0.397 e. The van der Waals surface area contributed by atoms with Gasteiger partial charge < -0.3 is 5.73 Å². The topological polar surface area (TPSA) is 72.2 Å². The summed E-state index contributed by atoms with van der Waals surface area (Å²) in [5, 5.41) is 0. The van der Waals surface area contributed by atoms with Crippen molar-refractivity contribution in [2.24, 2.45) is 0 Å². The van der Waals surface area contributed by atoms with E-state index >= 15 is 0 Å². The fraction of sp³-hybridized carbons (Fsp3) is 0.0909. The smallest absolute Gasteiger partial charge is 0.271 e. The third-order valence-electron chi connectivity index (χ3n) is 2.24. The summed E-state index contributed by atoms with van der Waals surface area (Å²) < 4.78 is 27.7. The highest BCUT2D eigenvalue weighted by Crippen LogP contribution is 2.27. The zero-order valence-electron chi connectivity index (χ0n) is 9.48. The van der Waals surface area contributed by atoms with Crippen molar-refractivity contribution >= 4 is 48.7 Å². The molecule has 1 aromatic carbocycles. The molecule has 7 heteroatoms. The third-order valence-corrected chi connectivity index (χ3v) is 5.59. The van der Waals surface area contributed by atoms with Crippen molar-refractivity contribution in [2.75, 3.05) is 10.5 Å². The van der Waals surface area contributed by atoms with Gasteiger partial charge in [-0.15, -0.1) is 11.3 Å². The van der Waals surface area contributed by atoms with Crippen molar-refractivity contribution < 1.29 is 8.42 Å². The van der Waals surface area contributed by atoms with Gasteiger partial charge in [0.2, 0.25) is 0 Å². The first-order valence-electron chi connectivity index (χ1n) is 5.03. The first kappa shape index (κ1) is 13.4. The SMILES string of the molecule is Cc1ccc(S(=O)(=O)Nc2ccc(Br)cc2N)s1. The van der Waals surface area contributed by atoms with Crippen molar-refractivity contribution in [3.63, 3.8) is 0 Å². The first-order chi connectivity index (χ1) is 8.38. The lowest BCUT2D eigenvalue weighted by molar-refractivity contribution is 0.603. The van der Waals surface area contributed by atoms with Gasteiger partial charge in [0.15, 0.2) is 0 Å². The minimum atomic E-state index is -3.55. The monoisotopic (exact) mass is 346 g/mol. The van der Waals surface area contributed by atoms with Crippen LogP contribution in [0.2, 0.25) is 0 Å². The maximum Gasteiger partial charge on any atom is 0.271 e. The van der Waals surface area contributed by atoms with E-state index in [1.54, 1.807) is 30.3 Å². The molecule has 0 atom stereocenters. The predicted molar refractivity (Wildman–Crippen MR) is 78.4 cm³/mol. The number of thiophene rings is 1. The third kappa shape index (κ3) is 2.85. The Bertz CT molecular complexity index is 680. The molecule has 1 heterocycles. The summed E-state index contributed by atoms with van der Waals surface area (Å²) in [6.07, 6.45) is 0. The molecule has 0 aliphatic carbocycles. The molecule has 3 N–H and O–H groups in total. The van der Waals surface area contributed by atoms with Gasteiger partial charge in [0.1, 0.15) is 4.21 Å². The van der Waals surface area contributed by atoms with E-state index in [9.17, 15) is 8.42 Å². The van der Waals surface area contributed by atoms with Crippen molar-refractivity contribution in [1.82, 2.24) is 0 Å². The molecule has 2 rings (SSSR count). The number of nitrogens with two attached hydrogens (primary N) is 1. The highest BCUT2D eigenvalue weighted by molar-refractivity contribution is 9.10. The van der Waals surface area contributed by atoms with E-state index in [1.165, 1.54) is 11.3 Å². The number of rotatable bonds is 3. The zero-order chi connectivity index (χ0) is 13.3. The van der Waals surface area contributed by atoms with Gasteiger partial charge in [-0.2, -0.15) is 0 Å². The maximum absolute atomic E-state index is 12.1. The Morgan fingerprint density at radius 2 is 2.00 bits per heavy atom. The molecule has 4 nitrogen and oxygen atoms in total. The summed E-state index contributed by atoms with van der Waals surface area (Å²) in [6.45, 7) is 1.86. The number of sulfonamides is 1. The van der Waals surface area contributed by atoms with Crippen molar-refractivity contribution in [3.8, 4) is 0 Å². The Kier molecular flexibility index (Phi) is 3.65. The molecular formula is C11H11BrN2O2S2. The van der Waals surface area contributed by atoms with E-state index < -0.39 is 10.0 Å². The molecule has 18 heavy (non-hydrogen) atoms. The van der Waals surface area contributed by atoms with Crippen molar-refractivity contribution in [3.05, 3.63) is 39.7 Å². The fourth-order valence-corrected chi connectivity index (χ4v) is 4.13. The van der Waals surface area contributed by atoms with E-state index in [2.05, 4.69) is 20.7 Å². The van der Waals surface area contributed by atoms with E-state index in [4.69, 9.17) is 5.73 Å². The molecule has 0 saturated heterocycles. The van der Waals surface area contributed by atoms with E-state index in [0.717, 1.165) is 9.35 Å². The van der Waals surface area contributed by atoms with Crippen LogP contribution in [0.4, 0.5) is 11.4 Å². The Hall–Kier alpha value is -1.05. The largest absolute Gasteiger partial charge is 0.397 e. The molecule has 0 aliphatic rings. The molecule has 0 radical (unpaired) electrons. The Morgan fingerprint density at radius 1 is 1.28 bits per heavy atom. The number of aryl methyl sites for hydroxylation is 1. The number of anilines is 2. The van der Waals surface area contributed by atoms with Crippen LogP contribution >= 0.6 is 27.3 Å². The number of halogens is 1. The lowest BCUT2D eigenvalue weighted by Crippen LogP contribution is -2.12. The van der Waals surface area contributed by atoms with Gasteiger partial charge in [-0.3, -0.25) is 4.72 Å². The number of nitrogen functional groups attached to an aromatic ring is 1. The van der Waals surface area contributed by atoms with Crippen LogP contribution in [0.1, 0.15) is 4.88 Å². The number of hydrogen-bond donors (Lipinski definition) is 2. The second-order valence-corrected chi connectivity index (χ2v) is 7.81. The second kappa shape index (κ2) is 4.91. The van der Waals surface area contributed by atoms with Gasteiger partial charge in [-0.25, -0.2) is 8.42 Å². The van der Waals surface area contributed by atoms with Crippen LogP contribution in [0.3, 0.4) is 0 Å². The highest BCUT2D eigenvalue weighted by atomic mass is 79.9.